The molecule has 1 unspecified atom stereocenters. The molecule has 16 heavy (non-hydrogen) atoms. The molecule has 1 fully saturated rings. The van der Waals surface area contributed by atoms with E-state index in [4.69, 9.17) is 0 Å². The Morgan fingerprint density at radius 3 is 2.69 bits per heavy atom. The van der Waals surface area contributed by atoms with Crippen molar-refractivity contribution in [3.63, 3.8) is 0 Å². The zero-order valence-electron chi connectivity index (χ0n) is 11.0. The van der Waals surface area contributed by atoms with Crippen molar-refractivity contribution in [2.45, 2.75) is 58.0 Å². The van der Waals surface area contributed by atoms with Crippen LogP contribution < -0.4 is 5.32 Å². The third kappa shape index (κ3) is 5.13. The molecule has 1 N–H and O–H groups in total. The number of hydrogen-bond acceptors (Lipinski definition) is 2. The fraction of sp³-hybridized carbons (Fsp3) is 0.857. The van der Waals surface area contributed by atoms with E-state index < -0.39 is 0 Å². The Morgan fingerprint density at radius 2 is 2.12 bits per heavy atom. The van der Waals surface area contributed by atoms with Crippen LogP contribution in [-0.2, 0) is 0 Å². The van der Waals surface area contributed by atoms with Gasteiger partial charge in [0.2, 0.25) is 0 Å². The van der Waals surface area contributed by atoms with Crippen molar-refractivity contribution in [3.8, 4) is 0 Å². The van der Waals surface area contributed by atoms with Crippen LogP contribution in [0.5, 0.6) is 0 Å². The summed E-state index contributed by atoms with van der Waals surface area (Å²) in [6.07, 6.45) is 8.36. The molecule has 1 saturated heterocycles. The van der Waals surface area contributed by atoms with Crippen LogP contribution in [0.15, 0.2) is 12.7 Å². The first-order valence-electron chi connectivity index (χ1n) is 6.85. The molecule has 0 radical (unpaired) electrons. The van der Waals surface area contributed by atoms with Gasteiger partial charge in [-0.1, -0.05) is 13.0 Å². The van der Waals surface area contributed by atoms with Crippen LogP contribution in [0.2, 0.25) is 0 Å². The first kappa shape index (κ1) is 13.7. The van der Waals surface area contributed by atoms with E-state index in [0.29, 0.717) is 6.04 Å². The van der Waals surface area contributed by atoms with Crippen molar-refractivity contribution in [1.82, 2.24) is 10.2 Å². The lowest BCUT2D eigenvalue weighted by molar-refractivity contribution is 0.198. The van der Waals surface area contributed by atoms with Gasteiger partial charge in [0.05, 0.1) is 0 Å². The molecule has 0 aliphatic carbocycles. The Labute approximate surface area is 101 Å². The lowest BCUT2D eigenvalue weighted by Gasteiger charge is -2.33. The Balaban J connectivity index is 2.10. The highest BCUT2D eigenvalue weighted by molar-refractivity contribution is 4.79. The summed E-state index contributed by atoms with van der Waals surface area (Å²) in [5, 5.41) is 3.76. The molecule has 0 amide bonds. The smallest absolute Gasteiger partial charge is 0.00938 e. The Hall–Kier alpha value is -0.340. The minimum Gasteiger partial charge on any atom is -0.311 e. The van der Waals surface area contributed by atoms with E-state index >= 15 is 0 Å². The molecule has 0 aromatic heterocycles. The van der Waals surface area contributed by atoms with E-state index in [1.165, 1.54) is 45.3 Å². The molecule has 0 spiro atoms. The Kier molecular flexibility index (Phi) is 6.74. The maximum absolute atomic E-state index is 3.77. The van der Waals surface area contributed by atoms with Crippen LogP contribution >= 0.6 is 0 Å². The standard InChI is InChI=1S/C14H28N2/c1-4-6-7-8-13(3)15-14-9-11-16(5-2)12-10-14/h4,13-15H,1,5-12H2,2-3H3. The van der Waals surface area contributed by atoms with Crippen LogP contribution in [0.3, 0.4) is 0 Å². The third-order valence-corrected chi connectivity index (χ3v) is 3.60. The lowest BCUT2D eigenvalue weighted by Crippen LogP contribution is -2.45. The number of nitrogens with zero attached hydrogens (tertiary/aromatic N) is 1. The number of rotatable bonds is 7. The van der Waals surface area contributed by atoms with Crippen LogP contribution in [-0.4, -0.2) is 36.6 Å². The monoisotopic (exact) mass is 224 g/mol. The summed E-state index contributed by atoms with van der Waals surface area (Å²) >= 11 is 0. The summed E-state index contributed by atoms with van der Waals surface area (Å²) in [7, 11) is 0. The highest BCUT2D eigenvalue weighted by Crippen LogP contribution is 2.11. The summed E-state index contributed by atoms with van der Waals surface area (Å²) in [5.41, 5.74) is 0. The summed E-state index contributed by atoms with van der Waals surface area (Å²) in [6, 6.07) is 1.42. The second kappa shape index (κ2) is 7.86. The van der Waals surface area contributed by atoms with E-state index in [9.17, 15) is 0 Å². The fourth-order valence-electron chi connectivity index (χ4n) is 2.47. The molecular formula is C14H28N2. The average Bonchev–Trinajstić information content (AvgIpc) is 2.30. The maximum Gasteiger partial charge on any atom is 0.00938 e. The van der Waals surface area contributed by atoms with E-state index in [-0.39, 0.29) is 0 Å². The third-order valence-electron chi connectivity index (χ3n) is 3.60. The number of nitrogens with one attached hydrogen (secondary N) is 1. The van der Waals surface area contributed by atoms with Crippen molar-refractivity contribution in [3.05, 3.63) is 12.7 Å². The predicted octanol–water partition coefficient (Wildman–Crippen LogP) is 2.81. The summed E-state index contributed by atoms with van der Waals surface area (Å²) < 4.78 is 0. The highest BCUT2D eigenvalue weighted by Gasteiger charge is 2.18. The van der Waals surface area contributed by atoms with Crippen molar-refractivity contribution >= 4 is 0 Å². The average molecular weight is 224 g/mol. The van der Waals surface area contributed by atoms with Gasteiger partial charge >= 0.3 is 0 Å². The van der Waals surface area contributed by atoms with Crippen LogP contribution in [0, 0.1) is 0 Å². The van der Waals surface area contributed by atoms with Gasteiger partial charge in [0.25, 0.3) is 0 Å². The van der Waals surface area contributed by atoms with Gasteiger partial charge in [0.1, 0.15) is 0 Å². The van der Waals surface area contributed by atoms with Crippen molar-refractivity contribution < 1.29 is 0 Å². The van der Waals surface area contributed by atoms with Gasteiger partial charge in [-0.25, -0.2) is 0 Å². The minimum absolute atomic E-state index is 0.665. The van der Waals surface area contributed by atoms with Gasteiger partial charge in [-0.05, 0) is 58.7 Å². The second-order valence-electron chi connectivity index (χ2n) is 5.00. The number of hydrogen-bond donors (Lipinski definition) is 1. The lowest BCUT2D eigenvalue weighted by atomic mass is 10.0. The molecule has 2 nitrogen and oxygen atoms in total. The summed E-state index contributed by atoms with van der Waals surface area (Å²) in [4.78, 5) is 2.54. The van der Waals surface area contributed by atoms with E-state index in [1.54, 1.807) is 0 Å². The van der Waals surface area contributed by atoms with Crippen LogP contribution in [0.1, 0.15) is 46.0 Å². The quantitative estimate of drug-likeness (QED) is 0.528. The molecule has 1 atom stereocenters. The fourth-order valence-corrected chi connectivity index (χ4v) is 2.47. The van der Waals surface area contributed by atoms with E-state index in [1.807, 2.05) is 6.08 Å². The largest absolute Gasteiger partial charge is 0.311 e. The number of allylic oxidation sites excluding steroid dienone is 1. The molecule has 1 aliphatic heterocycles. The van der Waals surface area contributed by atoms with Crippen molar-refractivity contribution in [2.75, 3.05) is 19.6 Å². The molecule has 0 bridgehead atoms. The molecule has 2 heteroatoms. The molecule has 0 aromatic carbocycles. The number of likely N-dealkylation sites (tertiary alicyclic amines) is 1. The van der Waals surface area contributed by atoms with Crippen molar-refractivity contribution in [2.24, 2.45) is 0 Å². The normalized spacial score (nSPS) is 20.9. The number of unbranched alkanes of at least 4 members (excludes halogenated alkanes) is 1. The number of piperidine rings is 1. The van der Waals surface area contributed by atoms with Gasteiger partial charge < -0.3 is 10.2 Å². The zero-order valence-corrected chi connectivity index (χ0v) is 11.0. The van der Waals surface area contributed by atoms with E-state index in [0.717, 1.165) is 12.5 Å². The SMILES string of the molecule is C=CCCCC(C)NC1CCN(CC)CC1. The van der Waals surface area contributed by atoms with Crippen molar-refractivity contribution in [1.29, 1.82) is 0 Å². The first-order valence-corrected chi connectivity index (χ1v) is 6.85. The molecule has 1 heterocycles. The Bertz CT molecular complexity index is 183. The minimum atomic E-state index is 0.665. The highest BCUT2D eigenvalue weighted by atomic mass is 15.1. The molecule has 1 aliphatic rings. The van der Waals surface area contributed by atoms with E-state index in [2.05, 4.69) is 30.6 Å². The van der Waals surface area contributed by atoms with Gasteiger partial charge in [-0.15, -0.1) is 6.58 Å². The van der Waals surface area contributed by atoms with Gasteiger partial charge in [0, 0.05) is 12.1 Å². The first-order chi connectivity index (χ1) is 7.76. The summed E-state index contributed by atoms with van der Waals surface area (Å²) in [5.74, 6) is 0. The molecule has 94 valence electrons. The topological polar surface area (TPSA) is 15.3 Å². The van der Waals surface area contributed by atoms with Gasteiger partial charge in [0.15, 0.2) is 0 Å². The maximum atomic E-state index is 3.77. The summed E-state index contributed by atoms with van der Waals surface area (Å²) in [6.45, 7) is 12.1. The zero-order chi connectivity index (χ0) is 11.8. The molecule has 1 rings (SSSR count). The van der Waals surface area contributed by atoms with Crippen LogP contribution in [0.4, 0.5) is 0 Å². The Morgan fingerprint density at radius 1 is 1.44 bits per heavy atom. The van der Waals surface area contributed by atoms with Gasteiger partial charge in [-0.3, -0.25) is 0 Å². The predicted molar refractivity (Wildman–Crippen MR) is 71.8 cm³/mol. The second-order valence-corrected chi connectivity index (χ2v) is 5.00. The molecule has 0 aromatic rings. The molecular weight excluding hydrogens is 196 g/mol. The van der Waals surface area contributed by atoms with Gasteiger partial charge in [-0.2, -0.15) is 0 Å². The van der Waals surface area contributed by atoms with Crippen LogP contribution in [0.25, 0.3) is 0 Å². The molecule has 0 saturated carbocycles.